The maximum atomic E-state index is 13.7. The van der Waals surface area contributed by atoms with Crippen LogP contribution in [0.3, 0.4) is 0 Å². The van der Waals surface area contributed by atoms with Crippen LogP contribution in [0.1, 0.15) is 5.56 Å². The minimum absolute atomic E-state index is 0.0390. The highest BCUT2D eigenvalue weighted by Crippen LogP contribution is 2.34. The lowest BCUT2D eigenvalue weighted by atomic mass is 10.2. The van der Waals surface area contributed by atoms with Crippen molar-refractivity contribution in [3.63, 3.8) is 0 Å². The van der Waals surface area contributed by atoms with E-state index < -0.39 is 22.5 Å². The van der Waals surface area contributed by atoms with Crippen molar-refractivity contribution in [3.8, 4) is 23.0 Å². The minimum Gasteiger partial charge on any atom is -0.493 e. The first kappa shape index (κ1) is 24.2. The fourth-order valence-corrected chi connectivity index (χ4v) is 5.02. The summed E-state index contributed by atoms with van der Waals surface area (Å²) in [5, 5.41) is 2.74. The summed E-state index contributed by atoms with van der Waals surface area (Å²) < 4.78 is 50.0. The molecule has 9 nitrogen and oxygen atoms in total. The number of methoxy groups -OCH3 is 2. The molecule has 3 aromatic rings. The molecule has 3 aromatic carbocycles. The van der Waals surface area contributed by atoms with Crippen LogP contribution < -0.4 is 28.6 Å². The zero-order valence-corrected chi connectivity index (χ0v) is 20.4. The Balaban J connectivity index is 1.64. The number of hydrogen-bond donors (Lipinski definition) is 1. The number of carbonyl (C=O) groups excluding carboxylic acids is 1. The van der Waals surface area contributed by atoms with E-state index >= 15 is 0 Å². The number of amides is 1. The van der Waals surface area contributed by atoms with Crippen molar-refractivity contribution in [2.45, 2.75) is 11.8 Å². The van der Waals surface area contributed by atoms with Crippen molar-refractivity contribution in [1.29, 1.82) is 0 Å². The van der Waals surface area contributed by atoms with Gasteiger partial charge >= 0.3 is 0 Å². The first-order chi connectivity index (χ1) is 16.8. The molecule has 1 heterocycles. The summed E-state index contributed by atoms with van der Waals surface area (Å²) >= 11 is 0. The molecule has 0 unspecified atom stereocenters. The molecule has 184 valence electrons. The van der Waals surface area contributed by atoms with Gasteiger partial charge in [0.2, 0.25) is 5.91 Å². The molecular weight excluding hydrogens is 472 g/mol. The molecule has 0 fully saturated rings. The summed E-state index contributed by atoms with van der Waals surface area (Å²) in [5.74, 6) is 1.24. The molecule has 0 aliphatic carbocycles. The van der Waals surface area contributed by atoms with Gasteiger partial charge in [0, 0.05) is 17.8 Å². The summed E-state index contributed by atoms with van der Waals surface area (Å²) in [4.78, 5) is 13.0. The lowest BCUT2D eigenvalue weighted by Gasteiger charge is -2.25. The Bertz CT molecular complexity index is 1320. The zero-order chi connectivity index (χ0) is 25.0. The molecule has 1 aliphatic rings. The van der Waals surface area contributed by atoms with E-state index in [1.807, 2.05) is 6.92 Å². The van der Waals surface area contributed by atoms with Gasteiger partial charge in [0.15, 0.2) is 23.0 Å². The van der Waals surface area contributed by atoms with E-state index in [2.05, 4.69) is 5.32 Å². The van der Waals surface area contributed by atoms with Gasteiger partial charge in [-0.05, 0) is 43.3 Å². The topological polar surface area (TPSA) is 103 Å². The van der Waals surface area contributed by atoms with Crippen LogP contribution in [0.2, 0.25) is 0 Å². The highest BCUT2D eigenvalue weighted by atomic mass is 32.2. The van der Waals surface area contributed by atoms with E-state index in [0.717, 1.165) is 9.87 Å². The van der Waals surface area contributed by atoms with Crippen LogP contribution in [0.4, 0.5) is 11.4 Å². The lowest BCUT2D eigenvalue weighted by Crippen LogP contribution is -2.38. The first-order valence-electron chi connectivity index (χ1n) is 10.8. The van der Waals surface area contributed by atoms with Gasteiger partial charge in [-0.25, -0.2) is 8.42 Å². The molecule has 0 spiro atoms. The molecule has 10 heteroatoms. The Morgan fingerprint density at radius 2 is 1.60 bits per heavy atom. The normalized spacial score (nSPS) is 12.5. The fraction of sp³-hybridized carbons (Fsp3) is 0.240. The quantitative estimate of drug-likeness (QED) is 0.506. The Kier molecular flexibility index (Phi) is 7.02. The predicted octanol–water partition coefficient (Wildman–Crippen LogP) is 3.62. The van der Waals surface area contributed by atoms with Crippen molar-refractivity contribution in [2.24, 2.45) is 0 Å². The molecule has 1 aliphatic heterocycles. The minimum atomic E-state index is -4.13. The van der Waals surface area contributed by atoms with E-state index in [9.17, 15) is 13.2 Å². The summed E-state index contributed by atoms with van der Waals surface area (Å²) in [6, 6.07) is 16.2. The summed E-state index contributed by atoms with van der Waals surface area (Å²) in [7, 11) is -1.25. The third-order valence-electron chi connectivity index (χ3n) is 5.38. The number of anilines is 2. The number of nitrogens with zero attached hydrogens (tertiary/aromatic N) is 1. The summed E-state index contributed by atoms with van der Waals surface area (Å²) in [5.41, 5.74) is 1.77. The molecule has 1 amide bonds. The number of sulfonamides is 1. The monoisotopic (exact) mass is 498 g/mol. The number of benzene rings is 3. The molecule has 4 rings (SSSR count). The molecule has 0 atom stereocenters. The van der Waals surface area contributed by atoms with E-state index in [-0.39, 0.29) is 10.6 Å². The number of fused-ring (bicyclic) bond motifs is 1. The Morgan fingerprint density at radius 1 is 0.914 bits per heavy atom. The molecule has 0 aromatic heterocycles. The standard InChI is InChI=1S/C25H26N2O7S/c1-17-4-7-19(8-5-17)27(35(29,30)20-9-11-21(31-2)23(15-20)32-3)16-25(28)26-18-6-10-22-24(14-18)34-13-12-33-22/h4-11,14-15H,12-13,16H2,1-3H3,(H,26,28). The van der Waals surface area contributed by atoms with E-state index in [0.29, 0.717) is 41.8 Å². The van der Waals surface area contributed by atoms with E-state index in [1.165, 1.54) is 32.4 Å². The average Bonchev–Trinajstić information content (AvgIpc) is 2.87. The van der Waals surface area contributed by atoms with Crippen LogP contribution in [0.15, 0.2) is 65.6 Å². The van der Waals surface area contributed by atoms with Gasteiger partial charge in [-0.3, -0.25) is 9.10 Å². The second-order valence-corrected chi connectivity index (χ2v) is 9.63. The number of nitrogens with one attached hydrogen (secondary N) is 1. The molecule has 0 radical (unpaired) electrons. The van der Waals surface area contributed by atoms with Gasteiger partial charge in [0.1, 0.15) is 19.8 Å². The van der Waals surface area contributed by atoms with Gasteiger partial charge in [-0.2, -0.15) is 0 Å². The van der Waals surface area contributed by atoms with Gasteiger partial charge in [0.25, 0.3) is 10.0 Å². The van der Waals surface area contributed by atoms with Crippen molar-refractivity contribution in [1.82, 2.24) is 0 Å². The van der Waals surface area contributed by atoms with E-state index in [1.54, 1.807) is 42.5 Å². The number of carbonyl (C=O) groups is 1. The third kappa shape index (κ3) is 5.27. The fourth-order valence-electron chi connectivity index (χ4n) is 3.58. The van der Waals surface area contributed by atoms with Crippen LogP contribution in [0.5, 0.6) is 23.0 Å². The van der Waals surface area contributed by atoms with Crippen LogP contribution in [0, 0.1) is 6.92 Å². The Morgan fingerprint density at radius 3 is 2.29 bits per heavy atom. The van der Waals surface area contributed by atoms with Crippen LogP contribution >= 0.6 is 0 Å². The van der Waals surface area contributed by atoms with Gasteiger partial charge < -0.3 is 24.3 Å². The first-order valence-corrected chi connectivity index (χ1v) is 12.3. The highest BCUT2D eigenvalue weighted by molar-refractivity contribution is 7.92. The van der Waals surface area contributed by atoms with Gasteiger partial charge in [-0.1, -0.05) is 17.7 Å². The SMILES string of the molecule is COc1ccc(S(=O)(=O)N(CC(=O)Nc2ccc3c(c2)OCCO3)c2ccc(C)cc2)cc1OC. The molecule has 0 saturated heterocycles. The highest BCUT2D eigenvalue weighted by Gasteiger charge is 2.28. The van der Waals surface area contributed by atoms with Crippen molar-refractivity contribution in [3.05, 3.63) is 66.2 Å². The molecule has 35 heavy (non-hydrogen) atoms. The van der Waals surface area contributed by atoms with Crippen LogP contribution in [-0.4, -0.2) is 48.3 Å². The zero-order valence-electron chi connectivity index (χ0n) is 19.6. The lowest BCUT2D eigenvalue weighted by molar-refractivity contribution is -0.114. The summed E-state index contributed by atoms with van der Waals surface area (Å²) in [6.45, 7) is 2.31. The van der Waals surface area contributed by atoms with Crippen LogP contribution in [-0.2, 0) is 14.8 Å². The maximum absolute atomic E-state index is 13.7. The molecular formula is C25H26N2O7S. The maximum Gasteiger partial charge on any atom is 0.264 e. The molecule has 1 N–H and O–H groups in total. The van der Waals surface area contributed by atoms with E-state index in [4.69, 9.17) is 18.9 Å². The smallest absolute Gasteiger partial charge is 0.264 e. The molecule has 0 saturated carbocycles. The predicted molar refractivity (Wildman–Crippen MR) is 131 cm³/mol. The number of hydrogen-bond acceptors (Lipinski definition) is 7. The Hall–Kier alpha value is -3.92. The average molecular weight is 499 g/mol. The van der Waals surface area contributed by atoms with Gasteiger partial charge in [-0.15, -0.1) is 0 Å². The van der Waals surface area contributed by atoms with Gasteiger partial charge in [0.05, 0.1) is 24.8 Å². The largest absolute Gasteiger partial charge is 0.493 e. The second-order valence-electron chi connectivity index (χ2n) is 7.77. The number of rotatable bonds is 8. The van der Waals surface area contributed by atoms with Crippen molar-refractivity contribution in [2.75, 3.05) is 43.6 Å². The van der Waals surface area contributed by atoms with Crippen molar-refractivity contribution >= 4 is 27.3 Å². The third-order valence-corrected chi connectivity index (χ3v) is 7.15. The molecule has 0 bridgehead atoms. The van der Waals surface area contributed by atoms with Crippen molar-refractivity contribution < 1.29 is 32.2 Å². The summed E-state index contributed by atoms with van der Waals surface area (Å²) in [6.07, 6.45) is 0. The Labute approximate surface area is 204 Å². The number of ether oxygens (including phenoxy) is 4. The second kappa shape index (κ2) is 10.1. The number of aryl methyl sites for hydroxylation is 1. The van der Waals surface area contributed by atoms with Crippen LogP contribution in [0.25, 0.3) is 0 Å².